The van der Waals surface area contributed by atoms with E-state index in [-0.39, 0.29) is 5.78 Å². The van der Waals surface area contributed by atoms with Gasteiger partial charge < -0.3 is 5.32 Å². The molecule has 17 heavy (non-hydrogen) atoms. The summed E-state index contributed by atoms with van der Waals surface area (Å²) in [6.45, 7) is 4.49. The second-order valence-corrected chi connectivity index (χ2v) is 4.40. The number of ketones is 1. The molecule has 0 amide bonds. The second kappa shape index (κ2) is 5.88. The minimum absolute atomic E-state index is 0.211. The van der Waals surface area contributed by atoms with Gasteiger partial charge in [0.15, 0.2) is 5.78 Å². The number of rotatable bonds is 4. The van der Waals surface area contributed by atoms with Crippen molar-refractivity contribution in [2.75, 3.05) is 32.7 Å². The van der Waals surface area contributed by atoms with Gasteiger partial charge in [0.05, 0.1) is 13.0 Å². The van der Waals surface area contributed by atoms with Crippen LogP contribution in [0.5, 0.6) is 0 Å². The first-order valence-corrected chi connectivity index (χ1v) is 6.03. The third-order valence-corrected chi connectivity index (χ3v) is 2.99. The van der Waals surface area contributed by atoms with Crippen LogP contribution in [-0.2, 0) is 18.3 Å². The molecule has 1 saturated heterocycles. The van der Waals surface area contributed by atoms with E-state index in [1.807, 2.05) is 7.05 Å². The highest BCUT2D eigenvalue weighted by atomic mass is 16.1. The molecule has 6 nitrogen and oxygen atoms in total. The molecule has 0 aromatic carbocycles. The van der Waals surface area contributed by atoms with E-state index in [1.54, 1.807) is 4.68 Å². The van der Waals surface area contributed by atoms with E-state index in [1.165, 1.54) is 6.33 Å². The summed E-state index contributed by atoms with van der Waals surface area (Å²) < 4.78 is 1.65. The average Bonchev–Trinajstić information content (AvgIpc) is 2.55. The topological polar surface area (TPSA) is 63.1 Å². The molecular formula is C11H19N5O. The zero-order valence-electron chi connectivity index (χ0n) is 10.2. The van der Waals surface area contributed by atoms with Gasteiger partial charge in [-0.2, -0.15) is 5.10 Å². The highest BCUT2D eigenvalue weighted by Crippen LogP contribution is 1.99. The fourth-order valence-corrected chi connectivity index (χ4v) is 2.02. The molecule has 0 spiro atoms. The lowest BCUT2D eigenvalue weighted by atomic mass is 10.2. The Morgan fingerprint density at radius 2 is 2.35 bits per heavy atom. The Kier molecular flexibility index (Phi) is 4.22. The van der Waals surface area contributed by atoms with E-state index >= 15 is 0 Å². The molecule has 1 aliphatic rings. The SMILES string of the molecule is Cn1ncnc1CC(=O)CN1CCCNCC1. The largest absolute Gasteiger partial charge is 0.315 e. The zero-order valence-corrected chi connectivity index (χ0v) is 10.2. The Balaban J connectivity index is 1.82. The number of aromatic nitrogens is 3. The van der Waals surface area contributed by atoms with Crippen LogP contribution in [0, 0.1) is 0 Å². The predicted molar refractivity (Wildman–Crippen MR) is 63.6 cm³/mol. The summed E-state index contributed by atoms with van der Waals surface area (Å²) in [6, 6.07) is 0. The summed E-state index contributed by atoms with van der Waals surface area (Å²) in [5.74, 6) is 0.950. The van der Waals surface area contributed by atoms with Gasteiger partial charge in [-0.3, -0.25) is 14.4 Å². The average molecular weight is 237 g/mol. The van der Waals surface area contributed by atoms with Gasteiger partial charge in [-0.25, -0.2) is 4.98 Å². The maximum atomic E-state index is 11.9. The van der Waals surface area contributed by atoms with Crippen LogP contribution in [0.4, 0.5) is 0 Å². The Hall–Kier alpha value is -1.27. The van der Waals surface area contributed by atoms with Crippen molar-refractivity contribution in [2.24, 2.45) is 7.05 Å². The molecule has 2 rings (SSSR count). The van der Waals surface area contributed by atoms with Gasteiger partial charge in [-0.05, 0) is 19.5 Å². The molecule has 94 valence electrons. The standard InChI is InChI=1S/C11H19N5O/c1-15-11(13-9-14-15)7-10(17)8-16-5-2-3-12-4-6-16/h9,12H,2-8H2,1H3. The number of carbonyl (C=O) groups excluding carboxylic acids is 1. The molecule has 0 bridgehead atoms. The Bertz CT molecular complexity index is 368. The van der Waals surface area contributed by atoms with Crippen molar-refractivity contribution < 1.29 is 4.79 Å². The van der Waals surface area contributed by atoms with E-state index in [0.717, 1.165) is 38.4 Å². The molecule has 6 heteroatoms. The number of carbonyl (C=O) groups is 1. The second-order valence-electron chi connectivity index (χ2n) is 4.40. The van der Waals surface area contributed by atoms with Gasteiger partial charge in [0.25, 0.3) is 0 Å². The van der Waals surface area contributed by atoms with Crippen LogP contribution in [-0.4, -0.2) is 58.2 Å². The lowest BCUT2D eigenvalue weighted by Crippen LogP contribution is -2.34. The molecule has 0 saturated carbocycles. The molecule has 1 N–H and O–H groups in total. The summed E-state index contributed by atoms with van der Waals surface area (Å²) in [6.07, 6.45) is 2.97. The van der Waals surface area contributed by atoms with Crippen molar-refractivity contribution in [3.8, 4) is 0 Å². The molecule has 1 aliphatic heterocycles. The van der Waals surface area contributed by atoms with E-state index in [9.17, 15) is 4.79 Å². The Labute approximate surface area is 101 Å². The maximum absolute atomic E-state index is 11.9. The zero-order chi connectivity index (χ0) is 12.1. The van der Waals surface area contributed by atoms with Crippen LogP contribution >= 0.6 is 0 Å². The smallest absolute Gasteiger partial charge is 0.154 e. The van der Waals surface area contributed by atoms with Gasteiger partial charge in [0, 0.05) is 20.1 Å². The molecule has 2 heterocycles. The summed E-state index contributed by atoms with van der Waals surface area (Å²) in [5, 5.41) is 7.29. The maximum Gasteiger partial charge on any atom is 0.154 e. The minimum atomic E-state index is 0.211. The van der Waals surface area contributed by atoms with Gasteiger partial charge in [0.2, 0.25) is 0 Å². The van der Waals surface area contributed by atoms with Crippen molar-refractivity contribution in [3.05, 3.63) is 12.2 Å². The van der Waals surface area contributed by atoms with Gasteiger partial charge >= 0.3 is 0 Å². The van der Waals surface area contributed by atoms with Crippen LogP contribution in [0.1, 0.15) is 12.2 Å². The Morgan fingerprint density at radius 3 is 3.12 bits per heavy atom. The quantitative estimate of drug-likeness (QED) is 0.744. The fraction of sp³-hybridized carbons (Fsp3) is 0.727. The number of hydrogen-bond donors (Lipinski definition) is 1. The van der Waals surface area contributed by atoms with Crippen molar-refractivity contribution in [1.29, 1.82) is 0 Å². The molecule has 1 fully saturated rings. The van der Waals surface area contributed by atoms with Crippen LogP contribution in [0.2, 0.25) is 0 Å². The monoisotopic (exact) mass is 237 g/mol. The molecule has 0 aliphatic carbocycles. The summed E-state index contributed by atoms with van der Waals surface area (Å²) >= 11 is 0. The molecule has 0 radical (unpaired) electrons. The normalized spacial score (nSPS) is 17.9. The first-order valence-electron chi connectivity index (χ1n) is 6.03. The highest BCUT2D eigenvalue weighted by molar-refractivity contribution is 5.82. The van der Waals surface area contributed by atoms with Crippen molar-refractivity contribution in [1.82, 2.24) is 25.0 Å². The number of aryl methyl sites for hydroxylation is 1. The molecule has 0 atom stereocenters. The first-order chi connectivity index (χ1) is 8.25. The molecule has 1 aromatic rings. The predicted octanol–water partition coefficient (Wildman–Crippen LogP) is -0.778. The van der Waals surface area contributed by atoms with E-state index in [2.05, 4.69) is 20.3 Å². The van der Waals surface area contributed by atoms with Crippen LogP contribution in [0.3, 0.4) is 0 Å². The highest BCUT2D eigenvalue weighted by Gasteiger charge is 2.14. The third kappa shape index (κ3) is 3.61. The Morgan fingerprint density at radius 1 is 1.47 bits per heavy atom. The third-order valence-electron chi connectivity index (χ3n) is 2.99. The molecular weight excluding hydrogens is 218 g/mol. The van der Waals surface area contributed by atoms with Crippen LogP contribution in [0.15, 0.2) is 6.33 Å². The number of nitrogens with zero attached hydrogens (tertiary/aromatic N) is 4. The molecule has 1 aromatic heterocycles. The summed E-state index contributed by atoms with van der Waals surface area (Å²) in [5.41, 5.74) is 0. The summed E-state index contributed by atoms with van der Waals surface area (Å²) in [7, 11) is 1.81. The summed E-state index contributed by atoms with van der Waals surface area (Å²) in [4.78, 5) is 18.2. The number of hydrogen-bond acceptors (Lipinski definition) is 5. The molecule has 0 unspecified atom stereocenters. The first kappa shape index (κ1) is 12.2. The van der Waals surface area contributed by atoms with Gasteiger partial charge in [0.1, 0.15) is 12.2 Å². The fourth-order valence-electron chi connectivity index (χ4n) is 2.02. The van der Waals surface area contributed by atoms with Crippen molar-refractivity contribution in [3.63, 3.8) is 0 Å². The van der Waals surface area contributed by atoms with Crippen molar-refractivity contribution >= 4 is 5.78 Å². The lowest BCUT2D eigenvalue weighted by molar-refractivity contribution is -0.119. The van der Waals surface area contributed by atoms with E-state index < -0.39 is 0 Å². The number of nitrogens with one attached hydrogen (secondary N) is 1. The van der Waals surface area contributed by atoms with Gasteiger partial charge in [-0.15, -0.1) is 0 Å². The van der Waals surface area contributed by atoms with E-state index in [0.29, 0.717) is 13.0 Å². The van der Waals surface area contributed by atoms with Gasteiger partial charge in [-0.1, -0.05) is 0 Å². The lowest BCUT2D eigenvalue weighted by Gasteiger charge is -2.17. The number of Topliss-reactive ketones (excluding diaryl/α,β-unsaturated/α-hetero) is 1. The van der Waals surface area contributed by atoms with Crippen molar-refractivity contribution in [2.45, 2.75) is 12.8 Å². The van der Waals surface area contributed by atoms with Crippen LogP contribution in [0.25, 0.3) is 0 Å². The minimum Gasteiger partial charge on any atom is -0.315 e. The van der Waals surface area contributed by atoms with Crippen LogP contribution < -0.4 is 5.32 Å². The van der Waals surface area contributed by atoms with E-state index in [4.69, 9.17) is 0 Å².